The first-order valence-electron chi connectivity index (χ1n) is 7.29. The Morgan fingerprint density at radius 1 is 1.05 bits per heavy atom. The van der Waals surface area contributed by atoms with E-state index in [0.717, 1.165) is 25.5 Å². The number of hydrogen-bond acceptors (Lipinski definition) is 5. The topological polar surface area (TPSA) is 46.2 Å². The summed E-state index contributed by atoms with van der Waals surface area (Å²) in [7, 11) is -2.50. The predicted molar refractivity (Wildman–Crippen MR) is 75.0 cm³/mol. The molecular weight excluding hydrogens is 264 g/mol. The summed E-state index contributed by atoms with van der Waals surface area (Å²) in [5.41, 5.74) is 0. The van der Waals surface area contributed by atoms with Crippen LogP contribution in [-0.4, -0.2) is 47.6 Å². The normalized spacial score (nSPS) is 23.4. The van der Waals surface area contributed by atoms with E-state index in [9.17, 15) is 0 Å². The Labute approximate surface area is 117 Å². The number of hydrogen-bond donors (Lipinski definition) is 0. The molecule has 0 aromatic carbocycles. The molecule has 1 unspecified atom stereocenters. The molecule has 0 bridgehead atoms. The van der Waals surface area contributed by atoms with Gasteiger partial charge in [-0.3, -0.25) is 0 Å². The van der Waals surface area contributed by atoms with E-state index < -0.39 is 8.80 Å². The molecule has 0 saturated carbocycles. The molecule has 1 saturated heterocycles. The monoisotopic (exact) mass is 292 g/mol. The van der Waals surface area contributed by atoms with Crippen LogP contribution in [0.3, 0.4) is 0 Å². The van der Waals surface area contributed by atoms with Crippen molar-refractivity contribution in [2.45, 2.75) is 52.4 Å². The molecule has 1 fully saturated rings. The molecule has 1 aliphatic rings. The third-order valence-electron chi connectivity index (χ3n) is 3.09. The third-order valence-corrected chi connectivity index (χ3v) is 6.24. The first kappa shape index (κ1) is 17.1. The van der Waals surface area contributed by atoms with E-state index in [1.54, 1.807) is 0 Å². The van der Waals surface area contributed by atoms with Gasteiger partial charge in [-0.05, 0) is 34.1 Å². The Morgan fingerprint density at radius 3 is 1.95 bits per heavy atom. The molecule has 0 aromatic rings. The van der Waals surface area contributed by atoms with Crippen molar-refractivity contribution in [1.82, 2.24) is 0 Å². The third kappa shape index (κ3) is 5.49. The Hall–Kier alpha value is 0.0169. The molecule has 0 aliphatic carbocycles. The highest BCUT2D eigenvalue weighted by atomic mass is 28.4. The van der Waals surface area contributed by atoms with Crippen LogP contribution in [0.1, 0.15) is 40.5 Å². The Bertz CT molecular complexity index is 228. The molecule has 0 amide bonds. The van der Waals surface area contributed by atoms with Gasteiger partial charge in [-0.1, -0.05) is 0 Å². The first-order valence-corrected chi connectivity index (χ1v) is 9.22. The van der Waals surface area contributed by atoms with E-state index in [2.05, 4.69) is 0 Å². The van der Waals surface area contributed by atoms with Crippen LogP contribution < -0.4 is 0 Å². The van der Waals surface area contributed by atoms with Gasteiger partial charge in [0.15, 0.2) is 5.79 Å². The van der Waals surface area contributed by atoms with E-state index in [-0.39, 0.29) is 5.79 Å². The highest BCUT2D eigenvalue weighted by Gasteiger charge is 2.40. The minimum atomic E-state index is -2.50. The second kappa shape index (κ2) is 8.34. The van der Waals surface area contributed by atoms with Crippen LogP contribution in [0.25, 0.3) is 0 Å². The van der Waals surface area contributed by atoms with Crippen molar-refractivity contribution in [3.05, 3.63) is 0 Å². The summed E-state index contributed by atoms with van der Waals surface area (Å²) in [4.78, 5) is 0. The molecule has 5 nitrogen and oxygen atoms in total. The summed E-state index contributed by atoms with van der Waals surface area (Å²) in [5, 5.41) is 0. The van der Waals surface area contributed by atoms with Crippen molar-refractivity contribution in [3.63, 3.8) is 0 Å². The van der Waals surface area contributed by atoms with Crippen LogP contribution in [0, 0.1) is 0 Å². The molecule has 0 N–H and O–H groups in total. The highest BCUT2D eigenvalue weighted by Crippen LogP contribution is 2.27. The molecule has 114 valence electrons. The fourth-order valence-corrected chi connectivity index (χ4v) is 4.66. The summed E-state index contributed by atoms with van der Waals surface area (Å²) in [6.07, 6.45) is 1.84. The van der Waals surface area contributed by atoms with Gasteiger partial charge in [0.2, 0.25) is 0 Å². The molecule has 19 heavy (non-hydrogen) atoms. The number of rotatable bonds is 11. The summed E-state index contributed by atoms with van der Waals surface area (Å²) in [6.45, 7) is 11.2. The Balaban J connectivity index is 2.33. The van der Waals surface area contributed by atoms with Crippen molar-refractivity contribution in [1.29, 1.82) is 0 Å². The average Bonchev–Trinajstić information content (AvgIpc) is 2.33. The van der Waals surface area contributed by atoms with Gasteiger partial charge in [-0.2, -0.15) is 0 Å². The van der Waals surface area contributed by atoms with Crippen molar-refractivity contribution in [2.75, 3.05) is 33.0 Å². The minimum Gasteiger partial charge on any atom is -0.374 e. The highest BCUT2D eigenvalue weighted by molar-refractivity contribution is 6.60. The maximum absolute atomic E-state index is 5.79. The minimum absolute atomic E-state index is 0.368. The van der Waals surface area contributed by atoms with Crippen LogP contribution in [0.2, 0.25) is 6.04 Å². The van der Waals surface area contributed by atoms with Gasteiger partial charge in [0.1, 0.15) is 0 Å². The summed E-state index contributed by atoms with van der Waals surface area (Å²) >= 11 is 0. The zero-order valence-corrected chi connectivity index (χ0v) is 13.7. The van der Waals surface area contributed by atoms with E-state index in [0.29, 0.717) is 26.4 Å². The van der Waals surface area contributed by atoms with Gasteiger partial charge >= 0.3 is 8.80 Å². The zero-order chi connectivity index (χ0) is 14.2. The summed E-state index contributed by atoms with van der Waals surface area (Å²) in [6, 6.07) is 0.790. The van der Waals surface area contributed by atoms with Crippen molar-refractivity contribution < 1.29 is 22.8 Å². The maximum atomic E-state index is 5.79. The fraction of sp³-hybridized carbons (Fsp3) is 1.00. The van der Waals surface area contributed by atoms with Crippen molar-refractivity contribution in [3.8, 4) is 0 Å². The largest absolute Gasteiger partial charge is 0.501 e. The standard InChI is InChI=1S/C13H28O5Si/c1-5-16-19(17-6-2,18-7-3)12-8-10-14-13(4)9-11-15-13/h5-12H2,1-4H3. The lowest BCUT2D eigenvalue weighted by Crippen LogP contribution is -2.47. The SMILES string of the molecule is CCO[Si](CCCOC1(C)CCO1)(OCC)OCC. The summed E-state index contributed by atoms with van der Waals surface area (Å²) in [5.74, 6) is -0.368. The van der Waals surface area contributed by atoms with Gasteiger partial charge in [0.25, 0.3) is 0 Å². The van der Waals surface area contributed by atoms with E-state index in [1.165, 1.54) is 0 Å². The van der Waals surface area contributed by atoms with Crippen LogP contribution >= 0.6 is 0 Å². The maximum Gasteiger partial charge on any atom is 0.501 e. The predicted octanol–water partition coefficient (Wildman–Crippen LogP) is 2.58. The van der Waals surface area contributed by atoms with Crippen LogP contribution in [0.15, 0.2) is 0 Å². The van der Waals surface area contributed by atoms with Gasteiger partial charge in [0, 0.05) is 32.3 Å². The lowest BCUT2D eigenvalue weighted by molar-refractivity contribution is -0.296. The first-order chi connectivity index (χ1) is 9.10. The molecule has 0 aromatic heterocycles. The molecule has 1 heterocycles. The average molecular weight is 292 g/mol. The van der Waals surface area contributed by atoms with Crippen LogP contribution in [-0.2, 0) is 22.8 Å². The van der Waals surface area contributed by atoms with Crippen molar-refractivity contribution in [2.24, 2.45) is 0 Å². The second-order valence-electron chi connectivity index (χ2n) is 4.67. The van der Waals surface area contributed by atoms with Crippen LogP contribution in [0.4, 0.5) is 0 Å². The van der Waals surface area contributed by atoms with Gasteiger partial charge in [-0.15, -0.1) is 0 Å². The number of ether oxygens (including phenoxy) is 2. The van der Waals surface area contributed by atoms with E-state index >= 15 is 0 Å². The Kier molecular flexibility index (Phi) is 7.49. The Morgan fingerprint density at radius 2 is 1.58 bits per heavy atom. The molecule has 1 atom stereocenters. The molecule has 0 radical (unpaired) electrons. The second-order valence-corrected chi connectivity index (χ2v) is 7.40. The fourth-order valence-electron chi connectivity index (χ4n) is 2.08. The molecular formula is C13H28O5Si. The summed E-state index contributed by atoms with van der Waals surface area (Å²) < 4.78 is 28.5. The molecule has 6 heteroatoms. The van der Waals surface area contributed by atoms with Gasteiger partial charge in [0.05, 0.1) is 13.2 Å². The van der Waals surface area contributed by atoms with Gasteiger partial charge in [-0.25, -0.2) is 0 Å². The van der Waals surface area contributed by atoms with E-state index in [1.807, 2.05) is 27.7 Å². The molecule has 1 aliphatic heterocycles. The van der Waals surface area contributed by atoms with Crippen LogP contribution in [0.5, 0.6) is 0 Å². The molecule has 0 spiro atoms. The smallest absolute Gasteiger partial charge is 0.374 e. The van der Waals surface area contributed by atoms with Gasteiger partial charge < -0.3 is 22.8 Å². The lowest BCUT2D eigenvalue weighted by Gasteiger charge is -2.38. The quantitative estimate of drug-likeness (QED) is 0.433. The lowest BCUT2D eigenvalue weighted by atomic mass is 10.1. The van der Waals surface area contributed by atoms with Crippen molar-refractivity contribution >= 4 is 8.80 Å². The zero-order valence-electron chi connectivity index (χ0n) is 12.7. The molecule has 1 rings (SSSR count). The van der Waals surface area contributed by atoms with E-state index in [4.69, 9.17) is 22.8 Å².